The number of anilines is 1. The third-order valence-electron chi connectivity index (χ3n) is 3.13. The van der Waals surface area contributed by atoms with Crippen LogP contribution in [0.5, 0.6) is 0 Å². The fourth-order valence-corrected chi connectivity index (χ4v) is 2.27. The molecule has 0 spiro atoms. The van der Waals surface area contributed by atoms with E-state index in [0.717, 1.165) is 25.2 Å². The minimum Gasteiger partial charge on any atom is -0.353 e. The molecule has 1 atom stereocenters. The van der Waals surface area contributed by atoms with Crippen LogP contribution in [0.25, 0.3) is 5.65 Å². The van der Waals surface area contributed by atoms with E-state index >= 15 is 0 Å². The maximum atomic E-state index is 12.7. The van der Waals surface area contributed by atoms with Crippen molar-refractivity contribution in [3.05, 3.63) is 12.4 Å². The van der Waals surface area contributed by atoms with Crippen LogP contribution in [-0.4, -0.2) is 44.8 Å². The van der Waals surface area contributed by atoms with E-state index in [9.17, 15) is 4.39 Å². The molecule has 0 amide bonds. The number of hydrogen-bond donors (Lipinski definition) is 0. The molecule has 17 heavy (non-hydrogen) atoms. The maximum Gasteiger partial charge on any atom is 0.221 e. The smallest absolute Gasteiger partial charge is 0.221 e. The fourth-order valence-electron chi connectivity index (χ4n) is 2.27. The molecule has 2 aromatic heterocycles. The zero-order valence-electron chi connectivity index (χ0n) is 9.33. The molecule has 0 N–H and O–H groups in total. The van der Waals surface area contributed by atoms with Gasteiger partial charge < -0.3 is 4.90 Å². The Morgan fingerprint density at radius 3 is 3.29 bits per heavy atom. The van der Waals surface area contributed by atoms with Gasteiger partial charge in [-0.2, -0.15) is 4.52 Å². The minimum absolute atomic E-state index is 0.0988. The van der Waals surface area contributed by atoms with Crippen LogP contribution in [0.2, 0.25) is 0 Å². The molecule has 3 heterocycles. The van der Waals surface area contributed by atoms with E-state index in [4.69, 9.17) is 0 Å². The van der Waals surface area contributed by atoms with Gasteiger partial charge in [0.2, 0.25) is 5.65 Å². The number of alkyl halides is 1. The first-order valence-electron chi connectivity index (χ1n) is 5.72. The van der Waals surface area contributed by atoms with Crippen molar-refractivity contribution in [2.75, 3.05) is 24.7 Å². The largest absolute Gasteiger partial charge is 0.353 e. The molecule has 6 nitrogen and oxygen atoms in total. The average molecular weight is 236 g/mol. The highest BCUT2D eigenvalue weighted by Gasteiger charge is 2.23. The average Bonchev–Trinajstić information content (AvgIpc) is 2.87. The lowest BCUT2D eigenvalue weighted by Crippen LogP contribution is -2.37. The first kappa shape index (κ1) is 10.4. The van der Waals surface area contributed by atoms with Gasteiger partial charge in [0.15, 0.2) is 5.82 Å². The third kappa shape index (κ3) is 1.81. The summed E-state index contributed by atoms with van der Waals surface area (Å²) in [7, 11) is 0. The van der Waals surface area contributed by atoms with Gasteiger partial charge in [-0.15, -0.1) is 5.10 Å². The van der Waals surface area contributed by atoms with Gasteiger partial charge in [-0.3, -0.25) is 4.39 Å². The Bertz CT molecular complexity index is 512. The van der Waals surface area contributed by atoms with E-state index in [1.54, 1.807) is 16.9 Å². The maximum absolute atomic E-state index is 12.7. The van der Waals surface area contributed by atoms with Crippen LogP contribution in [-0.2, 0) is 0 Å². The summed E-state index contributed by atoms with van der Waals surface area (Å²) >= 11 is 0. The van der Waals surface area contributed by atoms with Crippen molar-refractivity contribution in [1.82, 2.24) is 25.0 Å². The zero-order valence-corrected chi connectivity index (χ0v) is 9.33. The first-order valence-corrected chi connectivity index (χ1v) is 5.72. The van der Waals surface area contributed by atoms with E-state index in [-0.39, 0.29) is 12.6 Å². The van der Waals surface area contributed by atoms with Crippen molar-refractivity contribution in [2.45, 2.75) is 12.8 Å². The SMILES string of the molecule is FCC1CCCN(c2nccn3nnnc23)C1. The number of aromatic nitrogens is 5. The molecule has 0 saturated carbocycles. The van der Waals surface area contributed by atoms with Gasteiger partial charge >= 0.3 is 0 Å². The summed E-state index contributed by atoms with van der Waals surface area (Å²) in [5, 5.41) is 11.4. The van der Waals surface area contributed by atoms with Crippen molar-refractivity contribution < 1.29 is 4.39 Å². The zero-order chi connectivity index (χ0) is 11.7. The van der Waals surface area contributed by atoms with Crippen LogP contribution in [0.15, 0.2) is 12.4 Å². The molecule has 0 radical (unpaired) electrons. The molecule has 1 aliphatic rings. The summed E-state index contributed by atoms with van der Waals surface area (Å²) in [4.78, 5) is 6.38. The summed E-state index contributed by atoms with van der Waals surface area (Å²) in [5.74, 6) is 0.845. The van der Waals surface area contributed by atoms with Crippen LogP contribution in [0, 0.1) is 5.92 Å². The number of nitrogens with zero attached hydrogens (tertiary/aromatic N) is 6. The lowest BCUT2D eigenvalue weighted by atomic mass is 10.00. The molecule has 7 heteroatoms. The molecule has 1 unspecified atom stereocenters. The van der Waals surface area contributed by atoms with Crippen LogP contribution < -0.4 is 4.90 Å². The van der Waals surface area contributed by atoms with Gasteiger partial charge in [-0.1, -0.05) is 0 Å². The fraction of sp³-hybridized carbons (Fsp3) is 0.600. The number of hydrogen-bond acceptors (Lipinski definition) is 5. The molecule has 3 rings (SSSR count). The molecule has 0 aliphatic carbocycles. The molecule has 0 aromatic carbocycles. The Labute approximate surface area is 97.4 Å². The summed E-state index contributed by atoms with van der Waals surface area (Å²) in [6.45, 7) is 1.30. The standard InChI is InChI=1S/C10H13FN6/c11-6-8-2-1-4-16(7-8)9-10-13-14-15-17(10)5-3-12-9/h3,5,8H,1-2,4,6-7H2. The van der Waals surface area contributed by atoms with Crippen LogP contribution in [0.1, 0.15) is 12.8 Å². The quantitative estimate of drug-likeness (QED) is 0.768. The van der Waals surface area contributed by atoms with Crippen molar-refractivity contribution in [3.63, 3.8) is 0 Å². The van der Waals surface area contributed by atoms with E-state index in [1.807, 2.05) is 0 Å². The minimum atomic E-state index is -0.273. The molecular formula is C10H13FN6. The second-order valence-electron chi connectivity index (χ2n) is 4.31. The van der Waals surface area contributed by atoms with Crippen LogP contribution >= 0.6 is 0 Å². The monoisotopic (exact) mass is 236 g/mol. The normalized spacial score (nSPS) is 21.0. The summed E-state index contributed by atoms with van der Waals surface area (Å²) in [5.41, 5.74) is 0.631. The second-order valence-corrected chi connectivity index (χ2v) is 4.31. The Morgan fingerprint density at radius 1 is 1.47 bits per heavy atom. The third-order valence-corrected chi connectivity index (χ3v) is 3.13. The lowest BCUT2D eigenvalue weighted by Gasteiger charge is -2.31. The lowest BCUT2D eigenvalue weighted by molar-refractivity contribution is 0.315. The Kier molecular flexibility index (Phi) is 2.58. The molecular weight excluding hydrogens is 223 g/mol. The number of halogens is 1. The Hall–Kier alpha value is -1.79. The predicted octanol–water partition coefficient (Wildman–Crippen LogP) is 0.705. The highest BCUT2D eigenvalue weighted by atomic mass is 19.1. The van der Waals surface area contributed by atoms with E-state index < -0.39 is 0 Å². The first-order chi connectivity index (χ1) is 8.38. The van der Waals surface area contributed by atoms with Crippen LogP contribution in [0.3, 0.4) is 0 Å². The van der Waals surface area contributed by atoms with Gasteiger partial charge in [0.05, 0.1) is 12.9 Å². The van der Waals surface area contributed by atoms with Gasteiger partial charge in [-0.25, -0.2) is 4.98 Å². The van der Waals surface area contributed by atoms with E-state index in [0.29, 0.717) is 12.2 Å². The molecule has 1 saturated heterocycles. The summed E-state index contributed by atoms with van der Waals surface area (Å²) < 4.78 is 14.3. The van der Waals surface area contributed by atoms with Gasteiger partial charge in [-0.05, 0) is 23.3 Å². The highest BCUT2D eigenvalue weighted by molar-refractivity contribution is 5.62. The summed E-state index contributed by atoms with van der Waals surface area (Å²) in [6.07, 6.45) is 5.30. The number of tetrazole rings is 1. The molecule has 2 aromatic rings. The summed E-state index contributed by atoms with van der Waals surface area (Å²) in [6, 6.07) is 0. The van der Waals surface area contributed by atoms with E-state index in [2.05, 4.69) is 25.4 Å². The molecule has 90 valence electrons. The second kappa shape index (κ2) is 4.23. The Balaban J connectivity index is 1.94. The van der Waals surface area contributed by atoms with Crippen LogP contribution in [0.4, 0.5) is 10.2 Å². The van der Waals surface area contributed by atoms with Crippen molar-refractivity contribution in [2.24, 2.45) is 5.92 Å². The number of piperidine rings is 1. The van der Waals surface area contributed by atoms with E-state index in [1.165, 1.54) is 0 Å². The molecule has 0 bridgehead atoms. The molecule has 1 aliphatic heterocycles. The molecule has 1 fully saturated rings. The number of fused-ring (bicyclic) bond motifs is 1. The predicted molar refractivity (Wildman–Crippen MR) is 59.5 cm³/mol. The Morgan fingerprint density at radius 2 is 2.41 bits per heavy atom. The highest BCUT2D eigenvalue weighted by Crippen LogP contribution is 2.23. The van der Waals surface area contributed by atoms with Crippen molar-refractivity contribution in [1.29, 1.82) is 0 Å². The van der Waals surface area contributed by atoms with Gasteiger partial charge in [0.25, 0.3) is 0 Å². The van der Waals surface area contributed by atoms with Gasteiger partial charge in [0.1, 0.15) is 0 Å². The van der Waals surface area contributed by atoms with Crippen molar-refractivity contribution in [3.8, 4) is 0 Å². The topological polar surface area (TPSA) is 59.2 Å². The van der Waals surface area contributed by atoms with Crippen molar-refractivity contribution >= 4 is 11.5 Å². The van der Waals surface area contributed by atoms with Gasteiger partial charge in [0, 0.05) is 25.2 Å². The number of rotatable bonds is 2.